The number of piperidine rings is 1. The van der Waals surface area contributed by atoms with Crippen molar-refractivity contribution in [3.63, 3.8) is 0 Å². The summed E-state index contributed by atoms with van der Waals surface area (Å²) >= 11 is 0. The smallest absolute Gasteiger partial charge is 0.317 e. The highest BCUT2D eigenvalue weighted by molar-refractivity contribution is 5.75. The molecule has 2 aliphatic heterocycles. The van der Waals surface area contributed by atoms with Gasteiger partial charge in [-0.1, -0.05) is 12.1 Å². The second-order valence-corrected chi connectivity index (χ2v) is 10.6. The molecule has 10 nitrogen and oxygen atoms in total. The fourth-order valence-corrected chi connectivity index (χ4v) is 4.98. The van der Waals surface area contributed by atoms with E-state index in [4.69, 9.17) is 9.72 Å². The molecule has 2 saturated heterocycles. The Morgan fingerprint density at radius 1 is 1.18 bits per heavy atom. The van der Waals surface area contributed by atoms with Crippen molar-refractivity contribution >= 4 is 17.7 Å². The summed E-state index contributed by atoms with van der Waals surface area (Å²) < 4.78 is 7.79. The fourth-order valence-electron chi connectivity index (χ4n) is 4.98. The molecular formula is C28H38N8O2. The van der Waals surface area contributed by atoms with E-state index in [1.54, 1.807) is 11.1 Å². The minimum atomic E-state index is -0.0530. The highest BCUT2D eigenvalue weighted by atomic mass is 16.5. The molecule has 0 spiro atoms. The number of aromatic nitrogens is 4. The Labute approximate surface area is 224 Å². The van der Waals surface area contributed by atoms with Crippen molar-refractivity contribution in [1.82, 2.24) is 34.9 Å². The van der Waals surface area contributed by atoms with E-state index in [1.165, 1.54) is 0 Å². The van der Waals surface area contributed by atoms with E-state index in [2.05, 4.69) is 50.3 Å². The van der Waals surface area contributed by atoms with E-state index in [0.29, 0.717) is 31.6 Å². The molecule has 38 heavy (non-hydrogen) atoms. The van der Waals surface area contributed by atoms with Crippen molar-refractivity contribution < 1.29 is 9.53 Å². The second kappa shape index (κ2) is 11.5. The Balaban J connectivity index is 1.17. The number of amides is 2. The molecular weight excluding hydrogens is 480 g/mol. The summed E-state index contributed by atoms with van der Waals surface area (Å²) in [5, 5.41) is 10.9. The molecule has 2 aliphatic rings. The van der Waals surface area contributed by atoms with Gasteiger partial charge in [-0.05, 0) is 77.0 Å². The van der Waals surface area contributed by atoms with Crippen molar-refractivity contribution in [3.05, 3.63) is 54.0 Å². The molecule has 3 aromatic rings. The summed E-state index contributed by atoms with van der Waals surface area (Å²) in [6.45, 7) is 10.0. The van der Waals surface area contributed by atoms with Gasteiger partial charge in [0.05, 0.1) is 48.9 Å². The van der Waals surface area contributed by atoms with Crippen LogP contribution in [0, 0.1) is 6.92 Å². The number of nitrogens with one attached hydrogen (secondary N) is 2. The Kier molecular flexibility index (Phi) is 7.90. The summed E-state index contributed by atoms with van der Waals surface area (Å²) in [5.74, 6) is 0.536. The minimum absolute atomic E-state index is 0.0530. The van der Waals surface area contributed by atoms with Gasteiger partial charge in [-0.2, -0.15) is 5.10 Å². The number of hydrogen-bond donors (Lipinski definition) is 2. The predicted molar refractivity (Wildman–Crippen MR) is 147 cm³/mol. The van der Waals surface area contributed by atoms with Gasteiger partial charge in [0.15, 0.2) is 0 Å². The molecule has 0 aliphatic carbocycles. The van der Waals surface area contributed by atoms with Gasteiger partial charge < -0.3 is 25.2 Å². The lowest BCUT2D eigenvalue weighted by molar-refractivity contribution is -0.0641. The summed E-state index contributed by atoms with van der Waals surface area (Å²) in [6.07, 6.45) is 8.17. The SMILES string of the molecule is Cc1cc(-c2ccnc(Nc3cnn(C4CCN(C)CC4)c3)n2)ccc1CNC(=O)N1CC(OC(C)C)C1. The van der Waals surface area contributed by atoms with Crippen LogP contribution in [0.4, 0.5) is 16.4 Å². The van der Waals surface area contributed by atoms with Gasteiger partial charge in [0.1, 0.15) is 0 Å². The van der Waals surface area contributed by atoms with Gasteiger partial charge in [-0.3, -0.25) is 4.68 Å². The predicted octanol–water partition coefficient (Wildman–Crippen LogP) is 3.98. The highest BCUT2D eigenvalue weighted by Gasteiger charge is 2.31. The van der Waals surface area contributed by atoms with Gasteiger partial charge in [0, 0.05) is 24.5 Å². The number of benzene rings is 1. The summed E-state index contributed by atoms with van der Waals surface area (Å²) in [4.78, 5) is 25.7. The van der Waals surface area contributed by atoms with Crippen molar-refractivity contribution in [1.29, 1.82) is 0 Å². The first-order valence-corrected chi connectivity index (χ1v) is 13.4. The lowest BCUT2D eigenvalue weighted by Gasteiger charge is -2.39. The lowest BCUT2D eigenvalue weighted by Crippen LogP contribution is -2.58. The molecule has 0 unspecified atom stereocenters. The summed E-state index contributed by atoms with van der Waals surface area (Å²) in [7, 11) is 2.16. The van der Waals surface area contributed by atoms with Crippen LogP contribution in [-0.4, -0.2) is 81.0 Å². The standard InChI is InChI=1S/C28H38N8O2/c1-19(2)38-25-17-35(18-25)28(37)30-14-22-6-5-21(13-20(22)3)26-7-10-29-27(33-26)32-23-15-31-36(16-23)24-8-11-34(4)12-9-24/h5-7,10,13,15-16,19,24-25H,8-9,11-12,14,17-18H2,1-4H3,(H,30,37)(H,29,32,33). The quantitative estimate of drug-likeness (QED) is 0.465. The van der Waals surface area contributed by atoms with Gasteiger partial charge in [-0.25, -0.2) is 14.8 Å². The Hall–Kier alpha value is -3.50. The molecule has 10 heteroatoms. The molecule has 2 amide bonds. The monoisotopic (exact) mass is 518 g/mol. The van der Waals surface area contributed by atoms with E-state index in [-0.39, 0.29) is 18.2 Å². The molecule has 0 saturated carbocycles. The van der Waals surface area contributed by atoms with Gasteiger partial charge >= 0.3 is 6.03 Å². The van der Waals surface area contributed by atoms with E-state index in [9.17, 15) is 4.79 Å². The average Bonchev–Trinajstić information content (AvgIpc) is 3.34. The number of hydrogen-bond acceptors (Lipinski definition) is 7. The number of ether oxygens (including phenoxy) is 1. The molecule has 2 N–H and O–H groups in total. The van der Waals surface area contributed by atoms with E-state index in [1.807, 2.05) is 44.4 Å². The van der Waals surface area contributed by atoms with Crippen molar-refractivity contribution in [2.75, 3.05) is 38.5 Å². The zero-order valence-corrected chi connectivity index (χ0v) is 22.7. The molecule has 202 valence electrons. The molecule has 0 bridgehead atoms. The Morgan fingerprint density at radius 2 is 1.97 bits per heavy atom. The van der Waals surface area contributed by atoms with Crippen molar-refractivity contribution in [2.45, 2.75) is 58.4 Å². The number of nitrogens with zero attached hydrogens (tertiary/aromatic N) is 6. The van der Waals surface area contributed by atoms with E-state index >= 15 is 0 Å². The maximum Gasteiger partial charge on any atom is 0.317 e. The van der Waals surface area contributed by atoms with Crippen LogP contribution in [-0.2, 0) is 11.3 Å². The third-order valence-corrected chi connectivity index (χ3v) is 7.24. The first-order chi connectivity index (χ1) is 18.3. The van der Waals surface area contributed by atoms with Gasteiger partial charge in [0.25, 0.3) is 0 Å². The number of anilines is 2. The molecule has 0 radical (unpaired) electrons. The lowest BCUT2D eigenvalue weighted by atomic mass is 10.0. The average molecular weight is 519 g/mol. The van der Waals surface area contributed by atoms with Crippen LogP contribution in [0.3, 0.4) is 0 Å². The topological polar surface area (TPSA) is 100 Å². The van der Waals surface area contributed by atoms with Crippen molar-refractivity contribution in [2.24, 2.45) is 0 Å². The van der Waals surface area contributed by atoms with Crippen LogP contribution in [0.1, 0.15) is 43.9 Å². The van der Waals surface area contributed by atoms with Crippen LogP contribution in [0.25, 0.3) is 11.3 Å². The number of urea groups is 1. The second-order valence-electron chi connectivity index (χ2n) is 10.6. The molecule has 1 aromatic carbocycles. The van der Waals surface area contributed by atoms with Crippen LogP contribution in [0.15, 0.2) is 42.9 Å². The maximum absolute atomic E-state index is 12.4. The van der Waals surface area contributed by atoms with E-state index < -0.39 is 0 Å². The minimum Gasteiger partial charge on any atom is -0.372 e. The number of carbonyl (C=O) groups excluding carboxylic acids is 1. The normalized spacial score (nSPS) is 17.0. The van der Waals surface area contributed by atoms with Crippen molar-refractivity contribution in [3.8, 4) is 11.3 Å². The number of aryl methyl sites for hydroxylation is 1. The van der Waals surface area contributed by atoms with Gasteiger partial charge in [0.2, 0.25) is 5.95 Å². The number of rotatable bonds is 8. The Bertz CT molecular complexity index is 1250. The number of likely N-dealkylation sites (tertiary alicyclic amines) is 2. The summed E-state index contributed by atoms with van der Waals surface area (Å²) in [5.41, 5.74) is 4.89. The zero-order valence-electron chi connectivity index (χ0n) is 22.7. The largest absolute Gasteiger partial charge is 0.372 e. The first-order valence-electron chi connectivity index (χ1n) is 13.4. The fraction of sp³-hybridized carbons (Fsp3) is 0.500. The molecule has 5 rings (SSSR count). The molecule has 4 heterocycles. The third-order valence-electron chi connectivity index (χ3n) is 7.24. The Morgan fingerprint density at radius 3 is 2.71 bits per heavy atom. The van der Waals surface area contributed by atoms with Gasteiger partial charge in [-0.15, -0.1) is 0 Å². The van der Waals surface area contributed by atoms with Crippen LogP contribution in [0.5, 0.6) is 0 Å². The van der Waals surface area contributed by atoms with Crippen LogP contribution >= 0.6 is 0 Å². The highest BCUT2D eigenvalue weighted by Crippen LogP contribution is 2.25. The van der Waals surface area contributed by atoms with E-state index in [0.717, 1.165) is 54.0 Å². The van der Waals surface area contributed by atoms with Crippen LogP contribution in [0.2, 0.25) is 0 Å². The molecule has 0 atom stereocenters. The zero-order chi connectivity index (χ0) is 26.6. The molecule has 2 fully saturated rings. The first kappa shape index (κ1) is 26.1. The third kappa shape index (κ3) is 6.31. The molecule has 2 aromatic heterocycles. The van der Waals surface area contributed by atoms with Crippen LogP contribution < -0.4 is 10.6 Å². The number of carbonyl (C=O) groups is 1. The maximum atomic E-state index is 12.4. The summed E-state index contributed by atoms with van der Waals surface area (Å²) in [6, 6.07) is 8.47.